The summed E-state index contributed by atoms with van der Waals surface area (Å²) in [7, 11) is 0. The third kappa shape index (κ3) is 1.02. The molecule has 0 radical (unpaired) electrons. The van der Waals surface area contributed by atoms with E-state index in [-0.39, 0.29) is 0 Å². The highest BCUT2D eigenvalue weighted by atomic mass is 16.3. The van der Waals surface area contributed by atoms with Crippen LogP contribution in [0.1, 0.15) is 5.69 Å². The van der Waals surface area contributed by atoms with E-state index in [0.717, 1.165) is 11.3 Å². The minimum atomic E-state index is 0.372. The van der Waals surface area contributed by atoms with Crippen molar-refractivity contribution >= 4 is 0 Å². The van der Waals surface area contributed by atoms with Crippen LogP contribution in [0.15, 0.2) is 33.8 Å². The van der Waals surface area contributed by atoms with Gasteiger partial charge in [0.05, 0.1) is 11.8 Å². The molecule has 0 aliphatic rings. The van der Waals surface area contributed by atoms with Crippen LogP contribution in [0.5, 0.6) is 0 Å². The Hall–Kier alpha value is -1.55. The first kappa shape index (κ1) is 7.12. The fourth-order valence-corrected chi connectivity index (χ4v) is 1.04. The van der Waals surface area contributed by atoms with E-state index < -0.39 is 0 Å². The summed E-state index contributed by atoms with van der Waals surface area (Å²) in [5.74, 6) is 0.686. The van der Waals surface area contributed by atoms with Gasteiger partial charge in [0, 0.05) is 6.54 Å². The van der Waals surface area contributed by atoms with E-state index >= 15 is 0 Å². The number of hydrogen-bond acceptors (Lipinski definition) is 4. The Morgan fingerprint density at radius 3 is 3.08 bits per heavy atom. The van der Waals surface area contributed by atoms with Gasteiger partial charge in [-0.1, -0.05) is 0 Å². The fourth-order valence-electron chi connectivity index (χ4n) is 1.04. The second-order valence-electron chi connectivity index (χ2n) is 2.34. The number of oxazole rings is 1. The van der Waals surface area contributed by atoms with Crippen LogP contribution in [0.3, 0.4) is 0 Å². The summed E-state index contributed by atoms with van der Waals surface area (Å²) in [5.41, 5.74) is 7.06. The Balaban J connectivity index is 2.46. The second kappa shape index (κ2) is 2.83. The van der Waals surface area contributed by atoms with Gasteiger partial charge in [0.15, 0.2) is 12.2 Å². The average Bonchev–Trinajstić information content (AvgIpc) is 2.74. The molecule has 0 atom stereocenters. The Morgan fingerprint density at radius 2 is 2.42 bits per heavy atom. The van der Waals surface area contributed by atoms with Gasteiger partial charge in [-0.15, -0.1) is 0 Å². The number of nitrogens with zero attached hydrogens (tertiary/aromatic N) is 1. The predicted octanol–water partition coefficient (Wildman–Crippen LogP) is 1.39. The lowest BCUT2D eigenvalue weighted by Crippen LogP contribution is -1.97. The van der Waals surface area contributed by atoms with Crippen molar-refractivity contribution in [3.8, 4) is 11.3 Å². The number of hydrogen-bond donors (Lipinski definition) is 1. The third-order valence-corrected chi connectivity index (χ3v) is 1.62. The van der Waals surface area contributed by atoms with Crippen LogP contribution in [0.4, 0.5) is 0 Å². The van der Waals surface area contributed by atoms with E-state index in [9.17, 15) is 0 Å². The van der Waals surface area contributed by atoms with Gasteiger partial charge in [-0.2, -0.15) is 0 Å². The smallest absolute Gasteiger partial charge is 0.181 e. The quantitative estimate of drug-likeness (QED) is 0.728. The van der Waals surface area contributed by atoms with Crippen LogP contribution in [-0.4, -0.2) is 4.98 Å². The molecule has 2 aromatic rings. The maximum Gasteiger partial charge on any atom is 0.181 e. The number of aromatic nitrogens is 1. The maximum absolute atomic E-state index is 5.45. The molecular weight excluding hydrogens is 156 g/mol. The monoisotopic (exact) mass is 164 g/mol. The summed E-state index contributed by atoms with van der Waals surface area (Å²) in [6.45, 7) is 0.372. The number of rotatable bonds is 2. The van der Waals surface area contributed by atoms with E-state index in [4.69, 9.17) is 14.6 Å². The molecule has 0 amide bonds. The molecule has 62 valence electrons. The van der Waals surface area contributed by atoms with Crippen molar-refractivity contribution in [3.05, 3.63) is 30.7 Å². The lowest BCUT2D eigenvalue weighted by atomic mass is 10.2. The van der Waals surface area contributed by atoms with Crippen molar-refractivity contribution in [2.24, 2.45) is 5.73 Å². The van der Waals surface area contributed by atoms with Crippen LogP contribution in [-0.2, 0) is 6.54 Å². The van der Waals surface area contributed by atoms with Crippen molar-refractivity contribution in [3.63, 3.8) is 0 Å². The normalized spacial score (nSPS) is 10.4. The lowest BCUT2D eigenvalue weighted by molar-refractivity contribution is 0.556. The second-order valence-corrected chi connectivity index (χ2v) is 2.34. The largest absolute Gasteiger partial charge is 0.472 e. The molecule has 4 nitrogen and oxygen atoms in total. The van der Waals surface area contributed by atoms with Gasteiger partial charge < -0.3 is 14.6 Å². The fraction of sp³-hybridized carbons (Fsp3) is 0.125. The molecule has 2 heterocycles. The number of furan rings is 1. The molecule has 2 rings (SSSR count). The standard InChI is InChI=1S/C8H8N2O2/c9-3-7-8(12-5-10-7)6-1-2-11-4-6/h1-2,4-5H,3,9H2. The van der Waals surface area contributed by atoms with Gasteiger partial charge in [0.2, 0.25) is 0 Å². The Kier molecular flexibility index (Phi) is 1.68. The molecule has 0 spiro atoms. The molecule has 0 saturated carbocycles. The zero-order valence-electron chi connectivity index (χ0n) is 6.36. The van der Waals surface area contributed by atoms with Crippen molar-refractivity contribution in [1.82, 2.24) is 4.98 Å². The topological polar surface area (TPSA) is 65.2 Å². The van der Waals surface area contributed by atoms with Crippen molar-refractivity contribution in [2.75, 3.05) is 0 Å². The Bertz CT molecular complexity index is 351. The minimum absolute atomic E-state index is 0.372. The van der Waals surface area contributed by atoms with Crippen LogP contribution in [0, 0.1) is 0 Å². The van der Waals surface area contributed by atoms with E-state index in [0.29, 0.717) is 12.3 Å². The minimum Gasteiger partial charge on any atom is -0.472 e. The Morgan fingerprint density at radius 1 is 1.50 bits per heavy atom. The van der Waals surface area contributed by atoms with Gasteiger partial charge in [-0.05, 0) is 6.07 Å². The van der Waals surface area contributed by atoms with Gasteiger partial charge in [-0.3, -0.25) is 0 Å². The third-order valence-electron chi connectivity index (χ3n) is 1.62. The van der Waals surface area contributed by atoms with Crippen molar-refractivity contribution in [1.29, 1.82) is 0 Å². The molecule has 4 heteroatoms. The first-order valence-electron chi connectivity index (χ1n) is 3.57. The van der Waals surface area contributed by atoms with Gasteiger partial charge in [0.1, 0.15) is 12.0 Å². The van der Waals surface area contributed by atoms with Crippen LogP contribution in [0.25, 0.3) is 11.3 Å². The molecule has 0 unspecified atom stereocenters. The van der Waals surface area contributed by atoms with Gasteiger partial charge in [0.25, 0.3) is 0 Å². The summed E-state index contributed by atoms with van der Waals surface area (Å²) in [6.07, 6.45) is 4.56. The maximum atomic E-state index is 5.45. The first-order chi connectivity index (χ1) is 5.92. The predicted molar refractivity (Wildman–Crippen MR) is 42.1 cm³/mol. The van der Waals surface area contributed by atoms with Crippen molar-refractivity contribution in [2.45, 2.75) is 6.54 Å². The van der Waals surface area contributed by atoms with E-state index in [1.54, 1.807) is 18.6 Å². The molecule has 0 aliphatic heterocycles. The molecule has 2 aromatic heterocycles. The van der Waals surface area contributed by atoms with Gasteiger partial charge >= 0.3 is 0 Å². The summed E-state index contributed by atoms with van der Waals surface area (Å²) in [4.78, 5) is 3.96. The highest BCUT2D eigenvalue weighted by molar-refractivity contribution is 5.57. The van der Waals surface area contributed by atoms with Gasteiger partial charge in [-0.25, -0.2) is 4.98 Å². The summed E-state index contributed by atoms with van der Waals surface area (Å²) in [5, 5.41) is 0. The molecule has 0 aromatic carbocycles. The molecule has 0 saturated heterocycles. The highest BCUT2D eigenvalue weighted by Gasteiger charge is 2.09. The molecule has 0 fully saturated rings. The summed E-state index contributed by atoms with van der Waals surface area (Å²) >= 11 is 0. The molecule has 0 bridgehead atoms. The molecular formula is C8H8N2O2. The summed E-state index contributed by atoms with van der Waals surface area (Å²) < 4.78 is 10.1. The van der Waals surface area contributed by atoms with Crippen LogP contribution < -0.4 is 5.73 Å². The van der Waals surface area contributed by atoms with E-state index in [2.05, 4.69) is 4.98 Å². The molecule has 2 N–H and O–H groups in total. The molecule has 0 aliphatic carbocycles. The summed E-state index contributed by atoms with van der Waals surface area (Å²) in [6, 6.07) is 1.81. The van der Waals surface area contributed by atoms with Crippen LogP contribution in [0.2, 0.25) is 0 Å². The average molecular weight is 164 g/mol. The first-order valence-corrected chi connectivity index (χ1v) is 3.57. The zero-order chi connectivity index (χ0) is 8.39. The van der Waals surface area contributed by atoms with E-state index in [1.165, 1.54) is 6.39 Å². The lowest BCUT2D eigenvalue weighted by Gasteiger charge is -1.91. The van der Waals surface area contributed by atoms with E-state index in [1.807, 2.05) is 0 Å². The van der Waals surface area contributed by atoms with Crippen molar-refractivity contribution < 1.29 is 8.83 Å². The van der Waals surface area contributed by atoms with Crippen LogP contribution >= 0.6 is 0 Å². The number of nitrogens with two attached hydrogens (primary N) is 1. The SMILES string of the molecule is NCc1ncoc1-c1ccoc1. The highest BCUT2D eigenvalue weighted by Crippen LogP contribution is 2.22. The zero-order valence-corrected chi connectivity index (χ0v) is 6.36. The Labute approximate surface area is 69.0 Å². The molecule has 12 heavy (non-hydrogen) atoms.